The Labute approximate surface area is 108 Å². The third-order valence-corrected chi connectivity index (χ3v) is 2.63. The maximum atomic E-state index is 11.8. The molecule has 96 valence electrons. The van der Waals surface area contributed by atoms with Crippen molar-refractivity contribution in [1.82, 2.24) is 10.2 Å². The highest BCUT2D eigenvalue weighted by atomic mass is 16.5. The molecule has 7 nitrogen and oxygen atoms in total. The minimum absolute atomic E-state index is 0.00766. The Morgan fingerprint density at radius 1 is 1.42 bits per heavy atom. The van der Waals surface area contributed by atoms with E-state index in [1.54, 1.807) is 18.2 Å². The van der Waals surface area contributed by atoms with Gasteiger partial charge < -0.3 is 15.4 Å². The third kappa shape index (κ3) is 2.25. The molecule has 19 heavy (non-hydrogen) atoms. The van der Waals surface area contributed by atoms with E-state index < -0.39 is 0 Å². The zero-order valence-electron chi connectivity index (χ0n) is 9.77. The highest BCUT2D eigenvalue weighted by Crippen LogP contribution is 2.30. The maximum Gasteiger partial charge on any atom is 0.262 e. The van der Waals surface area contributed by atoms with Crippen molar-refractivity contribution in [2.45, 2.75) is 0 Å². The molecular weight excluding hydrogens is 248 g/mol. The summed E-state index contributed by atoms with van der Waals surface area (Å²) in [6.07, 6.45) is 2.93. The number of nitrogens with zero attached hydrogens (tertiary/aromatic N) is 1. The SMILES string of the molecule is O=C1COc2ccc(NC(=O)c3cn[nH]c3)cc2N1. The zero-order chi connectivity index (χ0) is 13.2. The first-order chi connectivity index (χ1) is 9.22. The van der Waals surface area contributed by atoms with Gasteiger partial charge in [0.2, 0.25) is 0 Å². The lowest BCUT2D eigenvalue weighted by Gasteiger charge is -2.18. The number of rotatable bonds is 2. The molecule has 0 atom stereocenters. The van der Waals surface area contributed by atoms with Gasteiger partial charge in [-0.2, -0.15) is 5.10 Å². The van der Waals surface area contributed by atoms with Gasteiger partial charge in [0.05, 0.1) is 17.4 Å². The van der Waals surface area contributed by atoms with E-state index >= 15 is 0 Å². The Balaban J connectivity index is 1.81. The number of aromatic amines is 1. The quantitative estimate of drug-likeness (QED) is 0.748. The summed E-state index contributed by atoms with van der Waals surface area (Å²) in [4.78, 5) is 23.0. The number of ether oxygens (including phenoxy) is 1. The average molecular weight is 258 g/mol. The number of hydrogen-bond donors (Lipinski definition) is 3. The number of carbonyl (C=O) groups is 2. The summed E-state index contributed by atoms with van der Waals surface area (Å²) >= 11 is 0. The molecular formula is C12H10N4O3. The zero-order valence-corrected chi connectivity index (χ0v) is 9.77. The first-order valence-electron chi connectivity index (χ1n) is 5.59. The molecule has 3 N–H and O–H groups in total. The molecule has 2 heterocycles. The molecule has 0 fully saturated rings. The molecule has 0 spiro atoms. The molecule has 0 unspecified atom stereocenters. The largest absolute Gasteiger partial charge is 0.482 e. The number of anilines is 2. The van der Waals surface area contributed by atoms with Crippen LogP contribution in [0.5, 0.6) is 5.75 Å². The summed E-state index contributed by atoms with van der Waals surface area (Å²) in [6, 6.07) is 5.04. The molecule has 2 aromatic rings. The summed E-state index contributed by atoms with van der Waals surface area (Å²) in [5, 5.41) is 11.6. The van der Waals surface area contributed by atoms with Crippen LogP contribution in [-0.4, -0.2) is 28.6 Å². The Morgan fingerprint density at radius 2 is 2.32 bits per heavy atom. The van der Waals surface area contributed by atoms with Crippen molar-refractivity contribution in [1.29, 1.82) is 0 Å². The number of carbonyl (C=O) groups excluding carboxylic acids is 2. The van der Waals surface area contributed by atoms with Crippen LogP contribution in [0.1, 0.15) is 10.4 Å². The predicted octanol–water partition coefficient (Wildman–Crippen LogP) is 0.993. The molecule has 2 amide bonds. The van der Waals surface area contributed by atoms with E-state index in [-0.39, 0.29) is 18.4 Å². The van der Waals surface area contributed by atoms with Crippen LogP contribution < -0.4 is 15.4 Å². The van der Waals surface area contributed by atoms with Crippen LogP contribution >= 0.6 is 0 Å². The molecule has 0 aliphatic carbocycles. The van der Waals surface area contributed by atoms with Crippen molar-refractivity contribution in [3.8, 4) is 5.75 Å². The lowest BCUT2D eigenvalue weighted by atomic mass is 10.2. The molecule has 0 saturated heterocycles. The van der Waals surface area contributed by atoms with Gasteiger partial charge in [0.25, 0.3) is 11.8 Å². The first kappa shape index (κ1) is 11.3. The minimum Gasteiger partial charge on any atom is -0.482 e. The third-order valence-electron chi connectivity index (χ3n) is 2.63. The highest BCUT2D eigenvalue weighted by Gasteiger charge is 2.16. The number of hydrogen-bond acceptors (Lipinski definition) is 4. The van der Waals surface area contributed by atoms with Crippen LogP contribution in [0.25, 0.3) is 0 Å². The number of aromatic nitrogens is 2. The van der Waals surface area contributed by atoms with Crippen LogP contribution in [0, 0.1) is 0 Å². The number of benzene rings is 1. The average Bonchev–Trinajstić information content (AvgIpc) is 2.92. The van der Waals surface area contributed by atoms with E-state index in [1.165, 1.54) is 12.4 Å². The second kappa shape index (κ2) is 4.45. The molecule has 1 aliphatic heterocycles. The Kier molecular flexibility index (Phi) is 2.64. The Hall–Kier alpha value is -2.83. The van der Waals surface area contributed by atoms with E-state index in [4.69, 9.17) is 4.74 Å². The molecule has 1 aliphatic rings. The molecule has 7 heteroatoms. The highest BCUT2D eigenvalue weighted by molar-refractivity contribution is 6.04. The lowest BCUT2D eigenvalue weighted by molar-refractivity contribution is -0.118. The fourth-order valence-electron chi connectivity index (χ4n) is 1.74. The van der Waals surface area contributed by atoms with Gasteiger partial charge in [-0.3, -0.25) is 14.7 Å². The van der Waals surface area contributed by atoms with Gasteiger partial charge in [0.15, 0.2) is 6.61 Å². The molecule has 0 radical (unpaired) electrons. The Morgan fingerprint density at radius 3 is 3.11 bits per heavy atom. The molecule has 1 aromatic carbocycles. The summed E-state index contributed by atoms with van der Waals surface area (Å²) in [5.74, 6) is 0.0866. The number of nitrogens with one attached hydrogen (secondary N) is 3. The van der Waals surface area contributed by atoms with E-state index in [0.29, 0.717) is 22.7 Å². The van der Waals surface area contributed by atoms with Crippen LogP contribution in [0.4, 0.5) is 11.4 Å². The van der Waals surface area contributed by atoms with Crippen molar-refractivity contribution in [3.63, 3.8) is 0 Å². The normalized spacial score (nSPS) is 13.2. The second-order valence-electron chi connectivity index (χ2n) is 3.99. The van der Waals surface area contributed by atoms with Gasteiger partial charge in [0, 0.05) is 11.9 Å². The van der Waals surface area contributed by atoms with Crippen molar-refractivity contribution in [2.24, 2.45) is 0 Å². The molecule has 0 bridgehead atoms. The topological polar surface area (TPSA) is 96.1 Å². The van der Waals surface area contributed by atoms with Gasteiger partial charge in [-0.25, -0.2) is 0 Å². The standard InChI is InChI=1S/C12H10N4O3/c17-11-6-19-10-2-1-8(3-9(10)16-11)15-12(18)7-4-13-14-5-7/h1-5H,6H2,(H,13,14)(H,15,18)(H,16,17). The molecule has 0 saturated carbocycles. The fourth-order valence-corrected chi connectivity index (χ4v) is 1.74. The Bertz CT molecular complexity index is 636. The molecule has 3 rings (SSSR count). The van der Waals surface area contributed by atoms with Gasteiger partial charge in [-0.15, -0.1) is 0 Å². The summed E-state index contributed by atoms with van der Waals surface area (Å²) in [5.41, 5.74) is 1.54. The van der Waals surface area contributed by atoms with Crippen molar-refractivity contribution < 1.29 is 14.3 Å². The van der Waals surface area contributed by atoms with Crippen LogP contribution in [0.2, 0.25) is 0 Å². The van der Waals surface area contributed by atoms with Gasteiger partial charge in [-0.05, 0) is 18.2 Å². The van der Waals surface area contributed by atoms with E-state index in [9.17, 15) is 9.59 Å². The summed E-state index contributed by atoms with van der Waals surface area (Å²) in [7, 11) is 0. The summed E-state index contributed by atoms with van der Waals surface area (Å²) < 4.78 is 5.23. The van der Waals surface area contributed by atoms with E-state index in [1.807, 2.05) is 0 Å². The number of fused-ring (bicyclic) bond motifs is 1. The van der Waals surface area contributed by atoms with Crippen LogP contribution in [0.15, 0.2) is 30.6 Å². The smallest absolute Gasteiger partial charge is 0.262 e. The monoisotopic (exact) mass is 258 g/mol. The lowest BCUT2D eigenvalue weighted by Crippen LogP contribution is -2.25. The predicted molar refractivity (Wildman–Crippen MR) is 67.1 cm³/mol. The van der Waals surface area contributed by atoms with Crippen molar-refractivity contribution in [2.75, 3.05) is 17.2 Å². The van der Waals surface area contributed by atoms with Gasteiger partial charge in [0.1, 0.15) is 5.75 Å². The van der Waals surface area contributed by atoms with Crippen molar-refractivity contribution in [3.05, 3.63) is 36.2 Å². The van der Waals surface area contributed by atoms with Gasteiger partial charge >= 0.3 is 0 Å². The van der Waals surface area contributed by atoms with Crippen molar-refractivity contribution >= 4 is 23.2 Å². The van der Waals surface area contributed by atoms with Crippen LogP contribution in [0.3, 0.4) is 0 Å². The fraction of sp³-hybridized carbons (Fsp3) is 0.0833. The molecule has 1 aromatic heterocycles. The number of H-pyrrole nitrogens is 1. The second-order valence-corrected chi connectivity index (χ2v) is 3.99. The first-order valence-corrected chi connectivity index (χ1v) is 5.59. The minimum atomic E-state index is -0.281. The number of amides is 2. The van der Waals surface area contributed by atoms with E-state index in [2.05, 4.69) is 20.8 Å². The summed E-state index contributed by atoms with van der Waals surface area (Å²) in [6.45, 7) is 0.00766. The van der Waals surface area contributed by atoms with E-state index in [0.717, 1.165) is 0 Å². The maximum absolute atomic E-state index is 11.8. The van der Waals surface area contributed by atoms with Gasteiger partial charge in [-0.1, -0.05) is 0 Å². The van der Waals surface area contributed by atoms with Crippen LogP contribution in [-0.2, 0) is 4.79 Å².